The molecule has 0 unspecified atom stereocenters. The third kappa shape index (κ3) is 3.40. The molecule has 0 bridgehead atoms. The van der Waals surface area contributed by atoms with Gasteiger partial charge in [0.1, 0.15) is 10.5 Å². The summed E-state index contributed by atoms with van der Waals surface area (Å²) in [6, 6.07) is 1.88. The van der Waals surface area contributed by atoms with Gasteiger partial charge in [0.25, 0.3) is 5.56 Å². The summed E-state index contributed by atoms with van der Waals surface area (Å²) in [5.74, 6) is 0.708. The smallest absolute Gasteiger partial charge is 0.268 e. The van der Waals surface area contributed by atoms with Crippen LogP contribution >= 0.6 is 11.3 Å². The third-order valence-electron chi connectivity index (χ3n) is 2.71. The lowest BCUT2D eigenvalue weighted by molar-refractivity contribution is 0.365. The molecule has 0 aliphatic heterocycles. The van der Waals surface area contributed by atoms with Crippen molar-refractivity contribution in [1.29, 1.82) is 0 Å². The molecule has 2 rings (SSSR count). The normalized spacial score (nSPS) is 12.2. The first-order chi connectivity index (χ1) is 8.46. The van der Waals surface area contributed by atoms with Gasteiger partial charge < -0.3 is 10.3 Å². The minimum atomic E-state index is -0.0392. The first kappa shape index (κ1) is 13.2. The lowest BCUT2D eigenvalue weighted by atomic mass is 9.92. The van der Waals surface area contributed by atoms with Crippen LogP contribution in [-0.4, -0.2) is 16.5 Å². The predicted molar refractivity (Wildman–Crippen MR) is 76.0 cm³/mol. The zero-order chi connectivity index (χ0) is 13.2. The topological polar surface area (TPSA) is 57.8 Å². The number of aromatic amines is 1. The van der Waals surface area contributed by atoms with Crippen LogP contribution in [0.2, 0.25) is 0 Å². The molecule has 0 fully saturated rings. The summed E-state index contributed by atoms with van der Waals surface area (Å²) in [5, 5.41) is 5.21. The zero-order valence-corrected chi connectivity index (χ0v) is 11.9. The van der Waals surface area contributed by atoms with Crippen LogP contribution in [0.4, 0.5) is 0 Å². The highest BCUT2D eigenvalue weighted by atomic mass is 32.1. The Morgan fingerprint density at radius 1 is 1.44 bits per heavy atom. The number of nitrogens with zero attached hydrogens (tertiary/aromatic N) is 1. The van der Waals surface area contributed by atoms with Gasteiger partial charge in [0.2, 0.25) is 0 Å². The molecule has 18 heavy (non-hydrogen) atoms. The number of hydrogen-bond acceptors (Lipinski definition) is 4. The average molecular weight is 265 g/mol. The van der Waals surface area contributed by atoms with E-state index in [1.807, 2.05) is 11.4 Å². The number of H-pyrrole nitrogens is 1. The molecule has 0 saturated heterocycles. The molecule has 0 spiro atoms. The highest BCUT2D eigenvalue weighted by Crippen LogP contribution is 2.17. The summed E-state index contributed by atoms with van der Waals surface area (Å²) < 4.78 is 0.702. The molecule has 2 heterocycles. The van der Waals surface area contributed by atoms with Crippen molar-refractivity contribution in [1.82, 2.24) is 15.3 Å². The molecule has 4 nitrogen and oxygen atoms in total. The van der Waals surface area contributed by atoms with E-state index in [2.05, 4.69) is 36.1 Å². The second-order valence-electron chi connectivity index (χ2n) is 5.64. The highest BCUT2D eigenvalue weighted by Gasteiger charge is 2.09. The van der Waals surface area contributed by atoms with Gasteiger partial charge in [0.15, 0.2) is 0 Å². The van der Waals surface area contributed by atoms with E-state index in [1.165, 1.54) is 11.3 Å². The molecule has 0 saturated carbocycles. The fourth-order valence-corrected chi connectivity index (χ4v) is 2.40. The van der Waals surface area contributed by atoms with E-state index in [0.717, 1.165) is 18.5 Å². The van der Waals surface area contributed by atoms with Gasteiger partial charge in [-0.2, -0.15) is 0 Å². The lowest BCUT2D eigenvalue weighted by Gasteiger charge is -2.17. The molecular weight excluding hydrogens is 246 g/mol. The molecule has 0 aliphatic rings. The first-order valence-corrected chi connectivity index (χ1v) is 7.01. The summed E-state index contributed by atoms with van der Waals surface area (Å²) in [6.07, 6.45) is 1.10. The quantitative estimate of drug-likeness (QED) is 0.835. The number of fused-ring (bicyclic) bond motifs is 1. The molecule has 0 radical (unpaired) electrons. The molecule has 0 aliphatic carbocycles. The van der Waals surface area contributed by atoms with Crippen LogP contribution in [0.5, 0.6) is 0 Å². The molecule has 2 aromatic heterocycles. The second kappa shape index (κ2) is 5.20. The van der Waals surface area contributed by atoms with Crippen molar-refractivity contribution >= 4 is 21.6 Å². The van der Waals surface area contributed by atoms with Gasteiger partial charge >= 0.3 is 0 Å². The number of hydrogen-bond donors (Lipinski definition) is 2. The maximum absolute atomic E-state index is 11.7. The highest BCUT2D eigenvalue weighted by molar-refractivity contribution is 7.17. The van der Waals surface area contributed by atoms with E-state index in [-0.39, 0.29) is 5.56 Å². The van der Waals surface area contributed by atoms with Crippen LogP contribution in [0.3, 0.4) is 0 Å². The number of thiophene rings is 1. The summed E-state index contributed by atoms with van der Waals surface area (Å²) in [5.41, 5.74) is 1.07. The van der Waals surface area contributed by atoms with Gasteiger partial charge in [0, 0.05) is 0 Å². The zero-order valence-electron chi connectivity index (χ0n) is 11.0. The van der Waals surface area contributed by atoms with Gasteiger partial charge in [-0.05, 0) is 29.8 Å². The lowest BCUT2D eigenvalue weighted by Crippen LogP contribution is -2.23. The fraction of sp³-hybridized carbons (Fsp3) is 0.538. The maximum Gasteiger partial charge on any atom is 0.268 e. The molecule has 2 N–H and O–H groups in total. The van der Waals surface area contributed by atoms with E-state index >= 15 is 0 Å². The van der Waals surface area contributed by atoms with Gasteiger partial charge in [-0.3, -0.25) is 4.79 Å². The van der Waals surface area contributed by atoms with Gasteiger partial charge in [0.05, 0.1) is 12.1 Å². The summed E-state index contributed by atoms with van der Waals surface area (Å²) in [6.45, 7) is 8.18. The minimum absolute atomic E-state index is 0.0392. The number of nitrogens with one attached hydrogen (secondary N) is 2. The largest absolute Gasteiger partial charge is 0.310 e. The van der Waals surface area contributed by atoms with Crippen molar-refractivity contribution < 1.29 is 0 Å². The Kier molecular flexibility index (Phi) is 3.82. The van der Waals surface area contributed by atoms with Crippen molar-refractivity contribution in [2.24, 2.45) is 5.41 Å². The number of aromatic nitrogens is 2. The average Bonchev–Trinajstić information content (AvgIpc) is 2.71. The minimum Gasteiger partial charge on any atom is -0.310 e. The van der Waals surface area contributed by atoms with E-state index in [4.69, 9.17) is 0 Å². The van der Waals surface area contributed by atoms with Crippen LogP contribution < -0.4 is 10.9 Å². The molecule has 5 heteroatoms. The molecule has 0 aromatic carbocycles. The van der Waals surface area contributed by atoms with Crippen molar-refractivity contribution in [3.8, 4) is 0 Å². The maximum atomic E-state index is 11.7. The molecule has 98 valence electrons. The van der Waals surface area contributed by atoms with E-state index in [1.54, 1.807) is 0 Å². The Balaban J connectivity index is 1.98. The molecule has 0 atom stereocenters. The van der Waals surface area contributed by atoms with Gasteiger partial charge in [-0.25, -0.2) is 4.98 Å². The summed E-state index contributed by atoms with van der Waals surface area (Å²) in [4.78, 5) is 19.0. The third-order valence-corrected chi connectivity index (χ3v) is 3.61. The monoisotopic (exact) mass is 265 g/mol. The van der Waals surface area contributed by atoms with Crippen molar-refractivity contribution in [3.63, 3.8) is 0 Å². The predicted octanol–water partition coefficient (Wildman–Crippen LogP) is 2.51. The summed E-state index contributed by atoms with van der Waals surface area (Å²) in [7, 11) is 0. The Morgan fingerprint density at radius 3 is 2.94 bits per heavy atom. The van der Waals surface area contributed by atoms with Crippen LogP contribution in [0.1, 0.15) is 33.0 Å². The Morgan fingerprint density at radius 2 is 2.22 bits per heavy atom. The molecular formula is C13H19N3OS. The van der Waals surface area contributed by atoms with Gasteiger partial charge in [-0.15, -0.1) is 11.3 Å². The first-order valence-electron chi connectivity index (χ1n) is 6.13. The Labute approximate surface area is 110 Å². The van der Waals surface area contributed by atoms with Crippen LogP contribution in [0.15, 0.2) is 16.2 Å². The van der Waals surface area contributed by atoms with E-state index < -0.39 is 0 Å². The van der Waals surface area contributed by atoms with Crippen molar-refractivity contribution in [2.45, 2.75) is 33.7 Å². The number of rotatable bonds is 4. The van der Waals surface area contributed by atoms with Crippen molar-refractivity contribution in [2.75, 3.05) is 6.54 Å². The Bertz CT molecular complexity index is 580. The van der Waals surface area contributed by atoms with Crippen LogP contribution in [0, 0.1) is 5.41 Å². The van der Waals surface area contributed by atoms with E-state index in [0.29, 0.717) is 22.5 Å². The standard InChI is InChI=1S/C13H19N3OS/c1-13(2,3)5-6-14-8-10-15-9-4-7-18-11(9)12(17)16-10/h4,7,14H,5-6,8H2,1-3H3,(H,15,16,17). The van der Waals surface area contributed by atoms with Crippen LogP contribution in [-0.2, 0) is 6.54 Å². The summed E-state index contributed by atoms with van der Waals surface area (Å²) >= 11 is 1.43. The van der Waals surface area contributed by atoms with Crippen LogP contribution in [0.25, 0.3) is 10.2 Å². The van der Waals surface area contributed by atoms with Gasteiger partial charge in [-0.1, -0.05) is 20.8 Å². The molecule has 2 aromatic rings. The van der Waals surface area contributed by atoms with E-state index in [9.17, 15) is 4.79 Å². The second-order valence-corrected chi connectivity index (χ2v) is 6.55. The SMILES string of the molecule is CC(C)(C)CCNCc1nc2ccsc2c(=O)[nH]1. The molecule has 0 amide bonds. The fourth-order valence-electron chi connectivity index (χ4n) is 1.68. The van der Waals surface area contributed by atoms with Crippen molar-refractivity contribution in [3.05, 3.63) is 27.6 Å². The Hall–Kier alpha value is -1.20.